The van der Waals surface area contributed by atoms with Gasteiger partial charge in [-0.15, -0.1) is 0 Å². The lowest BCUT2D eigenvalue weighted by molar-refractivity contribution is 0.229. The Hall–Kier alpha value is -1.41. The van der Waals surface area contributed by atoms with E-state index in [2.05, 4.69) is 12.8 Å². The van der Waals surface area contributed by atoms with Crippen LogP contribution in [-0.4, -0.2) is 23.6 Å². The summed E-state index contributed by atoms with van der Waals surface area (Å²) in [5, 5.41) is 0. The Balaban J connectivity index is 2.26. The van der Waals surface area contributed by atoms with Gasteiger partial charge in [0.1, 0.15) is 5.75 Å². The van der Waals surface area contributed by atoms with Crippen molar-refractivity contribution in [3.63, 3.8) is 0 Å². The molecule has 1 atom stereocenters. The van der Waals surface area contributed by atoms with Crippen LogP contribution in [0.5, 0.6) is 5.75 Å². The Morgan fingerprint density at radius 3 is 2.78 bits per heavy atom. The number of thiol groups is 1. The van der Waals surface area contributed by atoms with Crippen molar-refractivity contribution in [2.24, 2.45) is 5.73 Å². The summed E-state index contributed by atoms with van der Waals surface area (Å²) in [5.41, 5.74) is 4.70. The molecule has 0 saturated heterocycles. The molecule has 2 amide bonds. The van der Waals surface area contributed by atoms with Crippen LogP contribution in [0, 0.1) is 0 Å². The number of nitrogens with two attached hydrogens (primary N) is 1. The number of sulfonamides is 1. The Labute approximate surface area is 110 Å². The van der Waals surface area contributed by atoms with Gasteiger partial charge in [-0.25, -0.2) is 13.2 Å². The third-order valence-electron chi connectivity index (χ3n) is 2.64. The van der Waals surface area contributed by atoms with E-state index < -0.39 is 21.5 Å². The molecule has 1 aliphatic rings. The molecule has 8 heteroatoms. The fraction of sp³-hybridized carbons (Fsp3) is 0.300. The Morgan fingerprint density at radius 1 is 1.44 bits per heavy atom. The van der Waals surface area contributed by atoms with Gasteiger partial charge in [0.25, 0.3) is 10.0 Å². The molecule has 2 rings (SSSR count). The van der Waals surface area contributed by atoms with Crippen molar-refractivity contribution >= 4 is 28.9 Å². The summed E-state index contributed by atoms with van der Waals surface area (Å²) in [6.07, 6.45) is 0.810. The zero-order valence-corrected chi connectivity index (χ0v) is 11.0. The van der Waals surface area contributed by atoms with Crippen LogP contribution in [0.25, 0.3) is 0 Å². The van der Waals surface area contributed by atoms with E-state index in [1.807, 2.05) is 12.1 Å². The molecule has 18 heavy (non-hydrogen) atoms. The number of fused-ring (bicyclic) bond motifs is 1. The van der Waals surface area contributed by atoms with Gasteiger partial charge < -0.3 is 10.5 Å². The first-order valence-electron chi connectivity index (χ1n) is 5.20. The predicted octanol–water partition coefficient (Wildman–Crippen LogP) is 0.893. The third kappa shape index (κ3) is 2.25. The molecule has 0 spiro atoms. The quantitative estimate of drug-likeness (QED) is 0.791. The minimum absolute atomic E-state index is 0.214. The largest absolute Gasteiger partial charge is 0.472 e. The minimum Gasteiger partial charge on any atom is -0.472 e. The molecule has 1 heterocycles. The summed E-state index contributed by atoms with van der Waals surface area (Å²) in [5.74, 6) is 0.503. The number of carbonyl (C=O) groups excluding carboxylic acids is 1. The molecule has 1 unspecified atom stereocenters. The van der Waals surface area contributed by atoms with Crippen molar-refractivity contribution in [3.8, 4) is 5.75 Å². The van der Waals surface area contributed by atoms with Gasteiger partial charge in [-0.2, -0.15) is 3.71 Å². The maximum atomic E-state index is 12.0. The number of urea groups is 1. The highest BCUT2D eigenvalue weighted by Gasteiger charge is 2.36. The molecule has 1 aromatic carbocycles. The molecule has 98 valence electrons. The average molecular weight is 288 g/mol. The third-order valence-corrected chi connectivity index (χ3v) is 5.18. The highest BCUT2D eigenvalue weighted by Crippen LogP contribution is 2.30. The number of hydrogen-bond acceptors (Lipinski definition) is 5. The second kappa shape index (κ2) is 4.69. The van der Waals surface area contributed by atoms with Crippen LogP contribution in [0.1, 0.15) is 12.0 Å². The van der Waals surface area contributed by atoms with Crippen LogP contribution >= 0.6 is 12.8 Å². The van der Waals surface area contributed by atoms with Crippen LogP contribution in [0.4, 0.5) is 4.79 Å². The van der Waals surface area contributed by atoms with Crippen LogP contribution in [0.2, 0.25) is 0 Å². The molecule has 0 aliphatic carbocycles. The number of para-hydroxylation sites is 1. The molecule has 1 aromatic rings. The fourth-order valence-electron chi connectivity index (χ4n) is 1.75. The number of rotatable bonds is 2. The molecular weight excluding hydrogens is 276 g/mol. The smallest absolute Gasteiger partial charge is 0.338 e. The summed E-state index contributed by atoms with van der Waals surface area (Å²) >= 11 is 3.58. The van der Waals surface area contributed by atoms with Crippen LogP contribution in [-0.2, 0) is 16.4 Å². The Kier molecular flexibility index (Phi) is 3.40. The van der Waals surface area contributed by atoms with Crippen molar-refractivity contribution < 1.29 is 17.9 Å². The normalized spacial score (nSPS) is 18.6. The number of amides is 2. The molecule has 0 aromatic heterocycles. The number of nitrogens with zero attached hydrogens (tertiary/aromatic N) is 1. The summed E-state index contributed by atoms with van der Waals surface area (Å²) in [4.78, 5) is 10.9. The van der Waals surface area contributed by atoms with Crippen LogP contribution in [0.3, 0.4) is 0 Å². The summed E-state index contributed by atoms with van der Waals surface area (Å²) in [6.45, 7) is 0. The lowest BCUT2D eigenvalue weighted by Crippen LogP contribution is -2.43. The minimum atomic E-state index is -4.00. The van der Waals surface area contributed by atoms with Crippen LogP contribution in [0.15, 0.2) is 24.3 Å². The second-order valence-corrected chi connectivity index (χ2v) is 6.41. The SMILES string of the molecule is NC(=O)N(S)S(=O)(=O)C1CCc2ccccc2O1. The second-order valence-electron chi connectivity index (χ2n) is 3.82. The monoisotopic (exact) mass is 288 g/mol. The summed E-state index contributed by atoms with van der Waals surface area (Å²) < 4.78 is 29.5. The summed E-state index contributed by atoms with van der Waals surface area (Å²) in [6, 6.07) is 6.00. The number of ether oxygens (including phenoxy) is 1. The van der Waals surface area contributed by atoms with E-state index in [4.69, 9.17) is 10.5 Å². The number of benzene rings is 1. The van der Waals surface area contributed by atoms with Gasteiger partial charge in [0.15, 0.2) is 0 Å². The van der Waals surface area contributed by atoms with Crippen molar-refractivity contribution in [2.45, 2.75) is 18.3 Å². The van der Waals surface area contributed by atoms with Crippen molar-refractivity contribution in [3.05, 3.63) is 29.8 Å². The maximum absolute atomic E-state index is 12.0. The van der Waals surface area contributed by atoms with Gasteiger partial charge in [-0.3, -0.25) is 0 Å². The zero-order chi connectivity index (χ0) is 13.3. The lowest BCUT2D eigenvalue weighted by atomic mass is 10.1. The topological polar surface area (TPSA) is 89.7 Å². The highest BCUT2D eigenvalue weighted by molar-refractivity contribution is 8.00. The van der Waals surface area contributed by atoms with Gasteiger partial charge in [0.05, 0.1) is 0 Å². The van der Waals surface area contributed by atoms with Gasteiger partial charge in [0.2, 0.25) is 5.44 Å². The van der Waals surface area contributed by atoms with E-state index >= 15 is 0 Å². The van der Waals surface area contributed by atoms with Gasteiger partial charge in [-0.05, 0) is 30.9 Å². The molecule has 1 aliphatic heterocycles. The molecule has 0 saturated carbocycles. The van der Waals surface area contributed by atoms with E-state index in [0.717, 1.165) is 5.56 Å². The van der Waals surface area contributed by atoms with Gasteiger partial charge >= 0.3 is 6.03 Å². The summed E-state index contributed by atoms with van der Waals surface area (Å²) in [7, 11) is -4.00. The Bertz CT molecular complexity index is 573. The molecular formula is C10H12N2O4S2. The van der Waals surface area contributed by atoms with Crippen molar-refractivity contribution in [1.82, 2.24) is 3.71 Å². The molecule has 6 nitrogen and oxygen atoms in total. The molecule has 0 radical (unpaired) electrons. The molecule has 0 bridgehead atoms. The highest BCUT2D eigenvalue weighted by atomic mass is 32.3. The fourth-order valence-corrected chi connectivity index (χ4v) is 3.18. The molecule has 0 fully saturated rings. The van der Waals surface area contributed by atoms with Crippen molar-refractivity contribution in [1.29, 1.82) is 0 Å². The average Bonchev–Trinajstić information content (AvgIpc) is 2.37. The first-order chi connectivity index (χ1) is 8.43. The van der Waals surface area contributed by atoms with E-state index in [1.54, 1.807) is 12.1 Å². The standard InChI is InChI=1S/C10H12N2O4S2/c11-10(13)12(17)18(14,15)9-6-5-7-3-1-2-4-8(7)16-9/h1-4,9,17H,5-6H2,(H2,11,13). The number of hydrogen-bond donors (Lipinski definition) is 2. The van der Waals surface area contributed by atoms with Gasteiger partial charge in [0, 0.05) is 6.42 Å². The maximum Gasteiger partial charge on any atom is 0.338 e. The van der Waals surface area contributed by atoms with E-state index in [0.29, 0.717) is 12.2 Å². The van der Waals surface area contributed by atoms with Crippen LogP contribution < -0.4 is 10.5 Å². The first kappa shape index (κ1) is 13.0. The van der Waals surface area contributed by atoms with E-state index in [-0.39, 0.29) is 10.1 Å². The zero-order valence-electron chi connectivity index (χ0n) is 9.31. The number of aryl methyl sites for hydroxylation is 1. The first-order valence-corrected chi connectivity index (χ1v) is 7.10. The van der Waals surface area contributed by atoms with E-state index in [1.165, 1.54) is 0 Å². The van der Waals surface area contributed by atoms with Crippen molar-refractivity contribution in [2.75, 3.05) is 0 Å². The number of carbonyl (C=O) groups is 1. The van der Waals surface area contributed by atoms with Gasteiger partial charge in [-0.1, -0.05) is 18.2 Å². The Morgan fingerprint density at radius 2 is 2.11 bits per heavy atom. The molecule has 2 N–H and O–H groups in total. The predicted molar refractivity (Wildman–Crippen MR) is 68.5 cm³/mol. The van der Waals surface area contributed by atoms with E-state index in [9.17, 15) is 13.2 Å². The number of primary amides is 1. The lowest BCUT2D eigenvalue weighted by Gasteiger charge is -2.27.